The maximum absolute atomic E-state index is 12.7. The maximum Gasteiger partial charge on any atom is 0.241 e. The summed E-state index contributed by atoms with van der Waals surface area (Å²) in [5.41, 5.74) is 3.95. The Morgan fingerprint density at radius 1 is 1.08 bits per heavy atom. The van der Waals surface area contributed by atoms with Crippen LogP contribution in [0.3, 0.4) is 0 Å². The Kier molecular flexibility index (Phi) is 5.47. The molecular weight excluding hydrogens is 326 g/mol. The van der Waals surface area contributed by atoms with Crippen molar-refractivity contribution in [3.63, 3.8) is 0 Å². The van der Waals surface area contributed by atoms with Gasteiger partial charge in [0.2, 0.25) is 5.91 Å². The molecule has 0 bridgehead atoms. The van der Waals surface area contributed by atoms with Gasteiger partial charge >= 0.3 is 0 Å². The minimum Gasteiger partial charge on any atom is -0.506 e. The summed E-state index contributed by atoms with van der Waals surface area (Å²) in [6, 6.07) is 13.3. The van der Waals surface area contributed by atoms with Gasteiger partial charge in [0.15, 0.2) is 0 Å². The summed E-state index contributed by atoms with van der Waals surface area (Å²) in [6.07, 6.45) is 0. The van der Waals surface area contributed by atoms with Crippen LogP contribution in [0.25, 0.3) is 0 Å². The van der Waals surface area contributed by atoms with Crippen LogP contribution < -0.4 is 10.2 Å². The monoisotopic (exact) mass is 353 g/mol. The molecule has 1 aliphatic heterocycles. The number of anilines is 2. The van der Waals surface area contributed by atoms with E-state index in [4.69, 9.17) is 0 Å². The highest BCUT2D eigenvalue weighted by molar-refractivity contribution is 5.95. The zero-order chi connectivity index (χ0) is 18.7. The molecule has 1 heterocycles. The first-order valence-corrected chi connectivity index (χ1v) is 9.11. The van der Waals surface area contributed by atoms with Gasteiger partial charge < -0.3 is 15.3 Å². The van der Waals surface area contributed by atoms with Crippen molar-refractivity contribution in [2.24, 2.45) is 0 Å². The average molecular weight is 353 g/mol. The van der Waals surface area contributed by atoms with Gasteiger partial charge in [-0.2, -0.15) is 0 Å². The average Bonchev–Trinajstić information content (AvgIpc) is 2.64. The lowest BCUT2D eigenvalue weighted by Gasteiger charge is -2.38. The molecule has 3 rings (SSSR count). The summed E-state index contributed by atoms with van der Waals surface area (Å²) in [6.45, 7) is 9.14. The molecule has 138 valence electrons. The van der Waals surface area contributed by atoms with Crippen LogP contribution in [0.4, 0.5) is 11.4 Å². The second-order valence-electron chi connectivity index (χ2n) is 7.00. The maximum atomic E-state index is 12.7. The number of hydrogen-bond donors (Lipinski definition) is 2. The minimum atomic E-state index is -0.193. The van der Waals surface area contributed by atoms with Gasteiger partial charge in [-0.3, -0.25) is 9.69 Å². The molecule has 2 aromatic carbocycles. The standard InChI is InChI=1S/C21H27N3O2/c1-15-8-9-16(2)18(14-15)22-21(26)17(3)23-10-12-24(13-11-23)19-6-4-5-7-20(19)25/h4-9,14,17,25H,10-13H2,1-3H3,(H,22,26). The molecule has 1 amide bonds. The number of rotatable bonds is 4. The number of phenolic OH excluding ortho intramolecular Hbond substituents is 1. The molecule has 1 atom stereocenters. The first-order valence-electron chi connectivity index (χ1n) is 9.11. The third-order valence-corrected chi connectivity index (χ3v) is 5.11. The predicted molar refractivity (Wildman–Crippen MR) is 106 cm³/mol. The van der Waals surface area contributed by atoms with E-state index in [2.05, 4.69) is 15.1 Å². The van der Waals surface area contributed by atoms with Crippen LogP contribution in [0.15, 0.2) is 42.5 Å². The van der Waals surface area contributed by atoms with Gasteiger partial charge in [0.05, 0.1) is 11.7 Å². The summed E-state index contributed by atoms with van der Waals surface area (Å²) >= 11 is 0. The fraction of sp³-hybridized carbons (Fsp3) is 0.381. The van der Waals surface area contributed by atoms with Crippen molar-refractivity contribution in [3.8, 4) is 5.75 Å². The summed E-state index contributed by atoms with van der Waals surface area (Å²) in [7, 11) is 0. The van der Waals surface area contributed by atoms with Crippen molar-refractivity contribution in [2.75, 3.05) is 36.4 Å². The van der Waals surface area contributed by atoms with Crippen LogP contribution in [0.2, 0.25) is 0 Å². The van der Waals surface area contributed by atoms with E-state index in [1.54, 1.807) is 6.07 Å². The van der Waals surface area contributed by atoms with Crippen LogP contribution in [0.1, 0.15) is 18.1 Å². The van der Waals surface area contributed by atoms with Crippen LogP contribution in [0, 0.1) is 13.8 Å². The van der Waals surface area contributed by atoms with Crippen molar-refractivity contribution >= 4 is 17.3 Å². The SMILES string of the molecule is Cc1ccc(C)c(NC(=O)C(C)N2CCN(c3ccccc3O)CC2)c1. The largest absolute Gasteiger partial charge is 0.506 e. The van der Waals surface area contributed by atoms with Gasteiger partial charge in [0.25, 0.3) is 0 Å². The fourth-order valence-electron chi connectivity index (χ4n) is 3.36. The summed E-state index contributed by atoms with van der Waals surface area (Å²) in [4.78, 5) is 17.0. The number of carbonyl (C=O) groups is 1. The molecule has 26 heavy (non-hydrogen) atoms. The molecule has 5 heteroatoms. The van der Waals surface area contributed by atoms with E-state index in [-0.39, 0.29) is 11.9 Å². The van der Waals surface area contributed by atoms with E-state index < -0.39 is 0 Å². The van der Waals surface area contributed by atoms with Gasteiger partial charge in [-0.25, -0.2) is 0 Å². The molecule has 1 saturated heterocycles. The van der Waals surface area contributed by atoms with Crippen molar-refractivity contribution in [1.29, 1.82) is 0 Å². The van der Waals surface area contributed by atoms with Gasteiger partial charge in [0.1, 0.15) is 5.75 Å². The van der Waals surface area contributed by atoms with Gasteiger partial charge in [-0.1, -0.05) is 24.3 Å². The Bertz CT molecular complexity index is 783. The molecule has 1 fully saturated rings. The predicted octanol–water partition coefficient (Wildman–Crippen LogP) is 3.16. The van der Waals surface area contributed by atoms with Crippen LogP contribution >= 0.6 is 0 Å². The second-order valence-corrected chi connectivity index (χ2v) is 7.00. The third-order valence-electron chi connectivity index (χ3n) is 5.11. The van der Waals surface area contributed by atoms with Gasteiger partial charge in [0, 0.05) is 31.9 Å². The van der Waals surface area contributed by atoms with E-state index in [9.17, 15) is 9.90 Å². The Balaban J connectivity index is 1.59. The van der Waals surface area contributed by atoms with E-state index >= 15 is 0 Å². The number of aromatic hydroxyl groups is 1. The van der Waals surface area contributed by atoms with E-state index in [1.807, 2.05) is 57.2 Å². The summed E-state index contributed by atoms with van der Waals surface area (Å²) < 4.78 is 0. The molecule has 0 aromatic heterocycles. The number of phenols is 1. The number of aryl methyl sites for hydroxylation is 2. The van der Waals surface area contributed by atoms with E-state index in [0.717, 1.165) is 48.7 Å². The molecule has 2 aromatic rings. The highest BCUT2D eigenvalue weighted by Crippen LogP contribution is 2.27. The molecule has 0 spiro atoms. The number of carbonyl (C=O) groups excluding carboxylic acids is 1. The topological polar surface area (TPSA) is 55.8 Å². The first kappa shape index (κ1) is 18.3. The summed E-state index contributed by atoms with van der Waals surface area (Å²) in [5, 5.41) is 13.1. The molecule has 5 nitrogen and oxygen atoms in total. The van der Waals surface area contributed by atoms with E-state index in [1.165, 1.54) is 0 Å². The second kappa shape index (κ2) is 7.79. The minimum absolute atomic E-state index is 0.0229. The third kappa shape index (κ3) is 3.99. The fourth-order valence-corrected chi connectivity index (χ4v) is 3.36. The lowest BCUT2D eigenvalue weighted by atomic mass is 10.1. The smallest absolute Gasteiger partial charge is 0.241 e. The lowest BCUT2D eigenvalue weighted by Crippen LogP contribution is -2.52. The number of amides is 1. The molecule has 2 N–H and O–H groups in total. The Hall–Kier alpha value is -2.53. The molecule has 1 aliphatic rings. The zero-order valence-electron chi connectivity index (χ0n) is 15.7. The highest BCUT2D eigenvalue weighted by Gasteiger charge is 2.26. The van der Waals surface area contributed by atoms with Crippen LogP contribution in [-0.4, -0.2) is 48.1 Å². The first-order chi connectivity index (χ1) is 12.5. The Morgan fingerprint density at radius 2 is 1.77 bits per heavy atom. The number of hydrogen-bond acceptors (Lipinski definition) is 4. The van der Waals surface area contributed by atoms with Crippen molar-refractivity contribution < 1.29 is 9.90 Å². The number of para-hydroxylation sites is 2. The van der Waals surface area contributed by atoms with Gasteiger partial charge in [-0.05, 0) is 50.1 Å². The molecule has 0 aliphatic carbocycles. The van der Waals surface area contributed by atoms with Crippen molar-refractivity contribution in [3.05, 3.63) is 53.6 Å². The van der Waals surface area contributed by atoms with Crippen LogP contribution in [-0.2, 0) is 4.79 Å². The lowest BCUT2D eigenvalue weighted by molar-refractivity contribution is -0.120. The molecule has 0 radical (unpaired) electrons. The molecular formula is C21H27N3O2. The number of piperazine rings is 1. The number of nitrogens with one attached hydrogen (secondary N) is 1. The summed E-state index contributed by atoms with van der Waals surface area (Å²) in [5.74, 6) is 0.330. The van der Waals surface area contributed by atoms with Crippen molar-refractivity contribution in [2.45, 2.75) is 26.8 Å². The molecule has 1 unspecified atom stereocenters. The Labute approximate surface area is 155 Å². The van der Waals surface area contributed by atoms with Crippen molar-refractivity contribution in [1.82, 2.24) is 4.90 Å². The quantitative estimate of drug-likeness (QED) is 0.887. The normalized spacial score (nSPS) is 16.3. The van der Waals surface area contributed by atoms with Gasteiger partial charge in [-0.15, -0.1) is 0 Å². The molecule has 0 saturated carbocycles. The number of nitrogens with zero attached hydrogens (tertiary/aromatic N) is 2. The Morgan fingerprint density at radius 3 is 2.46 bits per heavy atom. The zero-order valence-corrected chi connectivity index (χ0v) is 15.7. The number of benzene rings is 2. The van der Waals surface area contributed by atoms with E-state index in [0.29, 0.717) is 5.75 Å². The highest BCUT2D eigenvalue weighted by atomic mass is 16.3. The van der Waals surface area contributed by atoms with Crippen LogP contribution in [0.5, 0.6) is 5.75 Å².